The van der Waals surface area contributed by atoms with Crippen LogP contribution in [0.3, 0.4) is 0 Å². The second-order valence-corrected chi connectivity index (χ2v) is 9.06. The average molecular weight is 347 g/mol. The average Bonchev–Trinajstić information content (AvgIpc) is 2.95. The van der Waals surface area contributed by atoms with Crippen molar-refractivity contribution in [3.8, 4) is 0 Å². The summed E-state index contributed by atoms with van der Waals surface area (Å²) in [6, 6.07) is 0.0800. The van der Waals surface area contributed by atoms with E-state index in [-0.39, 0.29) is 11.8 Å². The quantitative estimate of drug-likeness (QED) is 0.483. The second-order valence-electron chi connectivity index (χ2n) is 6.80. The zero-order chi connectivity index (χ0) is 17.3. The third kappa shape index (κ3) is 9.81. The number of aliphatic imine (C=N–C) groups is 1. The van der Waals surface area contributed by atoms with Crippen molar-refractivity contribution < 1.29 is 8.42 Å². The summed E-state index contributed by atoms with van der Waals surface area (Å²) in [5, 5.41) is 6.54. The molecule has 23 heavy (non-hydrogen) atoms. The molecule has 0 aliphatic carbocycles. The molecule has 0 saturated carbocycles. The van der Waals surface area contributed by atoms with Gasteiger partial charge in [-0.05, 0) is 52.1 Å². The van der Waals surface area contributed by atoms with Gasteiger partial charge in [0.05, 0.1) is 5.75 Å². The van der Waals surface area contributed by atoms with Crippen LogP contribution in [-0.2, 0) is 9.84 Å². The van der Waals surface area contributed by atoms with E-state index in [4.69, 9.17) is 0 Å². The fourth-order valence-electron chi connectivity index (χ4n) is 2.73. The number of guanidine groups is 1. The molecule has 2 N–H and O–H groups in total. The van der Waals surface area contributed by atoms with Gasteiger partial charge in [-0.3, -0.25) is 4.99 Å². The van der Waals surface area contributed by atoms with Gasteiger partial charge in [-0.15, -0.1) is 0 Å². The van der Waals surface area contributed by atoms with Crippen LogP contribution in [-0.4, -0.2) is 70.1 Å². The summed E-state index contributed by atoms with van der Waals surface area (Å²) < 4.78 is 22.5. The lowest BCUT2D eigenvalue weighted by Crippen LogP contribution is -2.43. The summed E-state index contributed by atoms with van der Waals surface area (Å²) in [6.45, 7) is 11.4. The van der Waals surface area contributed by atoms with Gasteiger partial charge in [0.1, 0.15) is 9.84 Å². The van der Waals surface area contributed by atoms with Crippen molar-refractivity contribution in [1.82, 2.24) is 15.5 Å². The predicted molar refractivity (Wildman–Crippen MR) is 97.7 cm³/mol. The van der Waals surface area contributed by atoms with Crippen LogP contribution in [0.4, 0.5) is 0 Å². The van der Waals surface area contributed by atoms with Crippen LogP contribution in [0.1, 0.15) is 40.0 Å². The Hall–Kier alpha value is -0.820. The lowest BCUT2D eigenvalue weighted by molar-refractivity contribution is 0.291. The molecular formula is C16H34N4O2S. The molecular weight excluding hydrogens is 312 g/mol. The predicted octanol–water partition coefficient (Wildman–Crippen LogP) is 1.10. The van der Waals surface area contributed by atoms with Crippen molar-refractivity contribution in [3.05, 3.63) is 0 Å². The van der Waals surface area contributed by atoms with Crippen molar-refractivity contribution in [1.29, 1.82) is 0 Å². The number of nitrogens with zero attached hydrogens (tertiary/aromatic N) is 2. The Labute approximate surface area is 142 Å². The molecule has 1 rings (SSSR count). The Kier molecular flexibility index (Phi) is 8.91. The molecule has 0 amide bonds. The Morgan fingerprint density at radius 2 is 1.91 bits per heavy atom. The van der Waals surface area contributed by atoms with E-state index in [1.54, 1.807) is 0 Å². The lowest BCUT2D eigenvalue weighted by atomic mass is 10.2. The van der Waals surface area contributed by atoms with E-state index in [9.17, 15) is 8.42 Å². The first-order valence-electron chi connectivity index (χ1n) is 8.75. The van der Waals surface area contributed by atoms with Crippen molar-refractivity contribution in [2.75, 3.05) is 44.7 Å². The molecule has 0 aromatic rings. The molecule has 0 bridgehead atoms. The second kappa shape index (κ2) is 10.1. The summed E-state index contributed by atoms with van der Waals surface area (Å²) in [5.74, 6) is 1.50. The first-order chi connectivity index (χ1) is 10.8. The first kappa shape index (κ1) is 20.2. The Balaban J connectivity index is 2.41. The Morgan fingerprint density at radius 1 is 1.26 bits per heavy atom. The van der Waals surface area contributed by atoms with Gasteiger partial charge in [-0.1, -0.05) is 6.92 Å². The molecule has 2 unspecified atom stereocenters. The summed E-state index contributed by atoms with van der Waals surface area (Å²) in [6.07, 6.45) is 4.50. The summed E-state index contributed by atoms with van der Waals surface area (Å²) >= 11 is 0. The summed E-state index contributed by atoms with van der Waals surface area (Å²) in [5.41, 5.74) is 0. The van der Waals surface area contributed by atoms with E-state index in [0.717, 1.165) is 25.6 Å². The van der Waals surface area contributed by atoms with E-state index in [1.165, 1.54) is 32.2 Å². The number of sulfone groups is 1. The van der Waals surface area contributed by atoms with E-state index in [0.29, 0.717) is 12.3 Å². The molecule has 0 spiro atoms. The van der Waals surface area contributed by atoms with Gasteiger partial charge in [0.15, 0.2) is 5.96 Å². The Morgan fingerprint density at radius 3 is 2.48 bits per heavy atom. The molecule has 1 aliphatic heterocycles. The van der Waals surface area contributed by atoms with Crippen molar-refractivity contribution in [2.24, 2.45) is 10.9 Å². The molecule has 0 radical (unpaired) electrons. The molecule has 1 fully saturated rings. The minimum absolute atomic E-state index is 0.0800. The van der Waals surface area contributed by atoms with Crippen LogP contribution in [0.5, 0.6) is 0 Å². The van der Waals surface area contributed by atoms with Crippen LogP contribution in [0.25, 0.3) is 0 Å². The van der Waals surface area contributed by atoms with Crippen molar-refractivity contribution in [2.45, 2.75) is 46.1 Å². The van der Waals surface area contributed by atoms with Gasteiger partial charge in [0.25, 0.3) is 0 Å². The molecule has 2 atom stereocenters. The van der Waals surface area contributed by atoms with E-state index in [1.807, 2.05) is 13.8 Å². The number of rotatable bonds is 9. The minimum Gasteiger partial charge on any atom is -0.357 e. The fraction of sp³-hybridized carbons (Fsp3) is 0.938. The number of likely N-dealkylation sites (tertiary alicyclic amines) is 1. The smallest absolute Gasteiger partial charge is 0.191 e. The molecule has 1 aliphatic rings. The van der Waals surface area contributed by atoms with Crippen LogP contribution < -0.4 is 10.6 Å². The molecule has 1 saturated heterocycles. The van der Waals surface area contributed by atoms with Gasteiger partial charge in [0.2, 0.25) is 0 Å². The van der Waals surface area contributed by atoms with Gasteiger partial charge < -0.3 is 15.5 Å². The molecule has 0 aromatic heterocycles. The summed E-state index contributed by atoms with van der Waals surface area (Å²) in [7, 11) is -2.91. The topological polar surface area (TPSA) is 73.8 Å². The van der Waals surface area contributed by atoms with Crippen LogP contribution in [0.15, 0.2) is 4.99 Å². The van der Waals surface area contributed by atoms with Crippen LogP contribution >= 0.6 is 0 Å². The zero-order valence-corrected chi connectivity index (χ0v) is 16.0. The SMILES string of the molecule is CCNC(=NCC(C)CN1CCCC1)NC(C)CCS(C)(=O)=O. The number of hydrogen-bond donors (Lipinski definition) is 2. The normalized spacial score (nSPS) is 19.6. The highest BCUT2D eigenvalue weighted by atomic mass is 32.2. The van der Waals surface area contributed by atoms with Crippen molar-refractivity contribution >= 4 is 15.8 Å². The first-order valence-corrected chi connectivity index (χ1v) is 10.8. The van der Waals surface area contributed by atoms with Gasteiger partial charge in [0, 0.05) is 31.9 Å². The summed E-state index contributed by atoms with van der Waals surface area (Å²) in [4.78, 5) is 7.17. The maximum Gasteiger partial charge on any atom is 0.191 e. The maximum absolute atomic E-state index is 11.2. The highest BCUT2D eigenvalue weighted by molar-refractivity contribution is 7.90. The van der Waals surface area contributed by atoms with E-state index < -0.39 is 9.84 Å². The molecule has 136 valence electrons. The molecule has 0 aromatic carbocycles. The van der Waals surface area contributed by atoms with Crippen LogP contribution in [0, 0.1) is 5.92 Å². The lowest BCUT2D eigenvalue weighted by Gasteiger charge is -2.21. The monoisotopic (exact) mass is 346 g/mol. The molecule has 6 nitrogen and oxygen atoms in total. The third-order valence-corrected chi connectivity index (χ3v) is 4.96. The Bertz CT molecular complexity index is 459. The van der Waals surface area contributed by atoms with Gasteiger partial charge in [-0.25, -0.2) is 8.42 Å². The maximum atomic E-state index is 11.2. The largest absolute Gasteiger partial charge is 0.357 e. The van der Waals surface area contributed by atoms with Gasteiger partial charge in [-0.2, -0.15) is 0 Å². The minimum atomic E-state index is -2.91. The standard InChI is InChI=1S/C16H34N4O2S/c1-5-17-16(19-15(3)8-11-23(4,21)22)18-12-14(2)13-20-9-6-7-10-20/h14-15H,5-13H2,1-4H3,(H2,17,18,19). The molecule has 7 heteroatoms. The van der Waals surface area contributed by atoms with Crippen LogP contribution in [0.2, 0.25) is 0 Å². The number of hydrogen-bond acceptors (Lipinski definition) is 4. The van der Waals surface area contributed by atoms with Gasteiger partial charge >= 0.3 is 0 Å². The third-order valence-electron chi connectivity index (χ3n) is 3.98. The van der Waals surface area contributed by atoms with Crippen molar-refractivity contribution in [3.63, 3.8) is 0 Å². The van der Waals surface area contributed by atoms with E-state index >= 15 is 0 Å². The molecule has 1 heterocycles. The fourth-order valence-corrected chi connectivity index (χ4v) is 3.51. The number of nitrogens with one attached hydrogen (secondary N) is 2. The highest BCUT2D eigenvalue weighted by Crippen LogP contribution is 2.10. The van der Waals surface area contributed by atoms with E-state index in [2.05, 4.69) is 27.4 Å². The highest BCUT2D eigenvalue weighted by Gasteiger charge is 2.15. The zero-order valence-electron chi connectivity index (χ0n) is 15.1.